The summed E-state index contributed by atoms with van der Waals surface area (Å²) in [6.07, 6.45) is 8.26. The maximum Gasteiger partial charge on any atom is 0.162 e. The Hall–Kier alpha value is -1.96. The van der Waals surface area contributed by atoms with Crippen LogP contribution in [0.25, 0.3) is 11.1 Å². The molecule has 1 aliphatic carbocycles. The highest BCUT2D eigenvalue weighted by Crippen LogP contribution is 2.38. The number of hydrogen-bond donors (Lipinski definition) is 0. The van der Waals surface area contributed by atoms with Gasteiger partial charge in [0.25, 0.3) is 0 Å². The van der Waals surface area contributed by atoms with Crippen LogP contribution >= 0.6 is 0 Å². The third-order valence-corrected chi connectivity index (χ3v) is 5.85. The maximum atomic E-state index is 14.5. The lowest BCUT2D eigenvalue weighted by molar-refractivity contribution is 0.0987. The summed E-state index contributed by atoms with van der Waals surface area (Å²) in [4.78, 5) is 11.7. The molecule has 0 atom stereocenters. The average molecular weight is 352 g/mol. The first-order chi connectivity index (χ1) is 12.6. The molecule has 0 saturated heterocycles. The van der Waals surface area contributed by atoms with Gasteiger partial charge in [-0.2, -0.15) is 0 Å². The topological polar surface area (TPSA) is 17.1 Å². The molecular formula is C24H29FO. The Morgan fingerprint density at radius 1 is 1.00 bits per heavy atom. The summed E-state index contributed by atoms with van der Waals surface area (Å²) in [5, 5.41) is 0. The van der Waals surface area contributed by atoms with E-state index in [1.54, 1.807) is 19.1 Å². The summed E-state index contributed by atoms with van der Waals surface area (Å²) in [7, 11) is 0. The number of Topliss-reactive ketones (excluding diaryl/α,β-unsaturated/α-hetero) is 1. The predicted molar refractivity (Wildman–Crippen MR) is 106 cm³/mol. The third kappa shape index (κ3) is 4.23. The number of carbonyl (C=O) groups excluding carboxylic acids is 1. The summed E-state index contributed by atoms with van der Waals surface area (Å²) in [6.45, 7) is 4.07. The fourth-order valence-electron chi connectivity index (χ4n) is 4.25. The number of ketones is 1. The Morgan fingerprint density at radius 2 is 1.69 bits per heavy atom. The van der Waals surface area contributed by atoms with E-state index in [1.165, 1.54) is 50.2 Å². The number of hydrogen-bond acceptors (Lipinski definition) is 1. The molecule has 2 heteroatoms. The van der Waals surface area contributed by atoms with Crippen LogP contribution in [-0.2, 0) is 0 Å². The van der Waals surface area contributed by atoms with Crippen LogP contribution in [0.15, 0.2) is 42.5 Å². The molecule has 1 saturated carbocycles. The van der Waals surface area contributed by atoms with Gasteiger partial charge < -0.3 is 0 Å². The van der Waals surface area contributed by atoms with Crippen LogP contribution in [-0.4, -0.2) is 5.78 Å². The Morgan fingerprint density at radius 3 is 2.27 bits per heavy atom. The first-order valence-electron chi connectivity index (χ1n) is 10.1. The zero-order valence-corrected chi connectivity index (χ0v) is 15.9. The van der Waals surface area contributed by atoms with E-state index in [4.69, 9.17) is 0 Å². The highest BCUT2D eigenvalue weighted by atomic mass is 19.1. The van der Waals surface area contributed by atoms with Crippen LogP contribution in [0, 0.1) is 11.7 Å². The molecule has 1 fully saturated rings. The van der Waals surface area contributed by atoms with Crippen molar-refractivity contribution in [2.24, 2.45) is 5.92 Å². The van der Waals surface area contributed by atoms with Gasteiger partial charge >= 0.3 is 0 Å². The zero-order valence-electron chi connectivity index (χ0n) is 15.9. The molecule has 1 aliphatic rings. The molecule has 26 heavy (non-hydrogen) atoms. The fourth-order valence-corrected chi connectivity index (χ4v) is 4.25. The Balaban J connectivity index is 1.71. The molecule has 2 aromatic rings. The van der Waals surface area contributed by atoms with E-state index in [2.05, 4.69) is 19.1 Å². The van der Waals surface area contributed by atoms with E-state index in [9.17, 15) is 9.18 Å². The SMILES string of the molecule is CCCC1CCC(c2ccc(-c3ccc(C(=O)CC)cc3F)cc2)CC1. The Bertz CT molecular complexity index is 739. The van der Waals surface area contributed by atoms with E-state index < -0.39 is 0 Å². The summed E-state index contributed by atoms with van der Waals surface area (Å²) < 4.78 is 14.5. The van der Waals surface area contributed by atoms with Gasteiger partial charge in [0.2, 0.25) is 0 Å². The van der Waals surface area contributed by atoms with Crippen molar-refractivity contribution in [1.29, 1.82) is 0 Å². The number of halogens is 1. The highest BCUT2D eigenvalue weighted by Gasteiger charge is 2.21. The molecule has 0 spiro atoms. The van der Waals surface area contributed by atoms with Gasteiger partial charge in [-0.1, -0.05) is 63.1 Å². The maximum absolute atomic E-state index is 14.5. The largest absolute Gasteiger partial charge is 0.294 e. The zero-order chi connectivity index (χ0) is 18.5. The van der Waals surface area contributed by atoms with Crippen LogP contribution < -0.4 is 0 Å². The van der Waals surface area contributed by atoms with Gasteiger partial charge in [0, 0.05) is 17.5 Å². The van der Waals surface area contributed by atoms with Gasteiger partial charge in [0.1, 0.15) is 5.82 Å². The quantitative estimate of drug-likeness (QED) is 0.504. The molecule has 0 aromatic heterocycles. The number of benzene rings is 2. The monoisotopic (exact) mass is 352 g/mol. The first kappa shape index (κ1) is 18.8. The minimum Gasteiger partial charge on any atom is -0.294 e. The standard InChI is InChI=1S/C24H29FO/c1-3-5-17-6-8-18(9-7-17)19-10-12-20(13-11-19)22-15-14-21(16-23(22)25)24(26)4-2/h10-18H,3-9H2,1-2H3. The molecule has 0 radical (unpaired) electrons. The first-order valence-corrected chi connectivity index (χ1v) is 10.1. The lowest BCUT2D eigenvalue weighted by Crippen LogP contribution is -2.13. The van der Waals surface area contributed by atoms with Crippen molar-refractivity contribution in [2.45, 2.75) is 64.7 Å². The number of rotatable bonds is 6. The van der Waals surface area contributed by atoms with Crippen molar-refractivity contribution >= 4 is 5.78 Å². The van der Waals surface area contributed by atoms with E-state index in [-0.39, 0.29) is 11.6 Å². The van der Waals surface area contributed by atoms with Crippen molar-refractivity contribution in [3.05, 3.63) is 59.4 Å². The van der Waals surface area contributed by atoms with Gasteiger partial charge in [0.05, 0.1) is 0 Å². The predicted octanol–water partition coefficient (Wildman–Crippen LogP) is 7.16. The van der Waals surface area contributed by atoms with Crippen molar-refractivity contribution in [3.8, 4) is 11.1 Å². The lowest BCUT2D eigenvalue weighted by Gasteiger charge is -2.28. The smallest absolute Gasteiger partial charge is 0.162 e. The molecule has 0 unspecified atom stereocenters. The van der Waals surface area contributed by atoms with E-state index in [0.717, 1.165) is 11.5 Å². The molecule has 1 nitrogen and oxygen atoms in total. The molecule has 0 bridgehead atoms. The summed E-state index contributed by atoms with van der Waals surface area (Å²) >= 11 is 0. The molecule has 0 N–H and O–H groups in total. The van der Waals surface area contributed by atoms with Crippen LogP contribution in [0.2, 0.25) is 0 Å². The minimum absolute atomic E-state index is 0.0236. The van der Waals surface area contributed by atoms with E-state index in [0.29, 0.717) is 23.5 Å². The van der Waals surface area contributed by atoms with Crippen LogP contribution in [0.1, 0.15) is 80.6 Å². The normalized spacial score (nSPS) is 20.1. The molecule has 138 valence electrons. The van der Waals surface area contributed by atoms with Gasteiger partial charge in [-0.3, -0.25) is 4.79 Å². The molecule has 0 heterocycles. The second-order valence-corrected chi connectivity index (χ2v) is 7.60. The fraction of sp³-hybridized carbons (Fsp3) is 0.458. The average Bonchev–Trinajstić information content (AvgIpc) is 2.68. The third-order valence-electron chi connectivity index (χ3n) is 5.85. The van der Waals surface area contributed by atoms with Gasteiger partial charge in [-0.25, -0.2) is 4.39 Å². The van der Waals surface area contributed by atoms with Gasteiger partial charge in [-0.15, -0.1) is 0 Å². The highest BCUT2D eigenvalue weighted by molar-refractivity contribution is 5.96. The van der Waals surface area contributed by atoms with E-state index >= 15 is 0 Å². The molecule has 0 aliphatic heterocycles. The summed E-state index contributed by atoms with van der Waals surface area (Å²) in [5.41, 5.74) is 3.27. The summed E-state index contributed by atoms with van der Waals surface area (Å²) in [5.74, 6) is 1.21. The Labute approximate surface area is 156 Å². The molecule has 0 amide bonds. The van der Waals surface area contributed by atoms with E-state index in [1.807, 2.05) is 12.1 Å². The second kappa shape index (κ2) is 8.62. The Kier molecular flexibility index (Phi) is 6.24. The van der Waals surface area contributed by atoms with Gasteiger partial charge in [0.15, 0.2) is 5.78 Å². The van der Waals surface area contributed by atoms with Crippen molar-refractivity contribution in [2.75, 3.05) is 0 Å². The van der Waals surface area contributed by atoms with Crippen LogP contribution in [0.4, 0.5) is 4.39 Å². The van der Waals surface area contributed by atoms with Gasteiger partial charge in [-0.05, 0) is 54.7 Å². The summed E-state index contributed by atoms with van der Waals surface area (Å²) in [6, 6.07) is 13.2. The molecular weight excluding hydrogens is 323 g/mol. The minimum atomic E-state index is -0.322. The second-order valence-electron chi connectivity index (χ2n) is 7.60. The molecule has 3 rings (SSSR count). The van der Waals surface area contributed by atoms with Crippen LogP contribution in [0.5, 0.6) is 0 Å². The van der Waals surface area contributed by atoms with Crippen LogP contribution in [0.3, 0.4) is 0 Å². The lowest BCUT2D eigenvalue weighted by atomic mass is 9.77. The van der Waals surface area contributed by atoms with Crippen molar-refractivity contribution in [3.63, 3.8) is 0 Å². The van der Waals surface area contributed by atoms with Crippen molar-refractivity contribution in [1.82, 2.24) is 0 Å². The molecule has 2 aromatic carbocycles. The number of carbonyl (C=O) groups is 1. The van der Waals surface area contributed by atoms with Crippen molar-refractivity contribution < 1.29 is 9.18 Å².